The highest BCUT2D eigenvalue weighted by Gasteiger charge is 2.28. The van der Waals surface area contributed by atoms with Gasteiger partial charge in [0.25, 0.3) is 0 Å². The molecule has 1 aliphatic carbocycles. The zero-order valence-corrected chi connectivity index (χ0v) is 17.4. The lowest BCUT2D eigenvalue weighted by molar-refractivity contribution is -0.119. The number of benzene rings is 2. The zero-order valence-electron chi connectivity index (χ0n) is 17.4. The van der Waals surface area contributed by atoms with Gasteiger partial charge < -0.3 is 5.11 Å². The van der Waals surface area contributed by atoms with Crippen LogP contribution in [0.2, 0.25) is 0 Å². The summed E-state index contributed by atoms with van der Waals surface area (Å²) in [5, 5.41) is 9.29. The number of unbranched alkanes of at least 4 members (excludes halogenated alkanes) is 2. The Morgan fingerprint density at radius 2 is 1.40 bits per heavy atom. The van der Waals surface area contributed by atoms with Gasteiger partial charge in [0.2, 0.25) is 0 Å². The molecule has 2 aromatic rings. The van der Waals surface area contributed by atoms with E-state index in [9.17, 15) is 19.5 Å². The molecule has 0 radical (unpaired) electrons. The lowest BCUT2D eigenvalue weighted by atomic mass is 9.82. The molecule has 0 unspecified atom stereocenters. The largest absolute Gasteiger partial charge is 0.508 e. The molecule has 0 aromatic heterocycles. The second-order valence-corrected chi connectivity index (χ2v) is 7.93. The number of phenols is 1. The average Bonchev–Trinajstić information content (AvgIpc) is 2.75. The molecule has 2 aromatic carbocycles. The normalized spacial score (nSPS) is 13.5. The monoisotopic (exact) mass is 404 g/mol. The van der Waals surface area contributed by atoms with Crippen molar-refractivity contribution in [3.8, 4) is 5.75 Å². The first kappa shape index (κ1) is 21.7. The van der Waals surface area contributed by atoms with Crippen molar-refractivity contribution in [1.29, 1.82) is 0 Å². The fourth-order valence-electron chi connectivity index (χ4n) is 3.93. The number of aryl methyl sites for hydroxylation is 1. The molecule has 4 nitrogen and oxygen atoms in total. The molecule has 30 heavy (non-hydrogen) atoms. The van der Waals surface area contributed by atoms with Gasteiger partial charge in [-0.25, -0.2) is 0 Å². The standard InChI is InChI=1S/C26H28O4/c1-18-22(26(30)24-13-6-5-12-23(24)25(18)29)11-4-2-3-9-20(27)10-7-8-19-14-16-21(28)17-15-19/h5-6,12-17,28H,2-4,7-11H2,1H3. The minimum absolute atomic E-state index is 0.0343. The maximum atomic E-state index is 12.7. The number of carbonyl (C=O) groups excluding carboxylic acids is 3. The van der Waals surface area contributed by atoms with Crippen LogP contribution in [0.4, 0.5) is 0 Å². The number of rotatable bonds is 10. The number of phenolic OH excluding ortho intramolecular Hbond substituents is 1. The molecular formula is C26H28O4. The van der Waals surface area contributed by atoms with Gasteiger partial charge >= 0.3 is 0 Å². The van der Waals surface area contributed by atoms with E-state index in [-0.39, 0.29) is 23.1 Å². The first-order valence-corrected chi connectivity index (χ1v) is 10.6. The van der Waals surface area contributed by atoms with Crippen LogP contribution in [0.3, 0.4) is 0 Å². The van der Waals surface area contributed by atoms with E-state index in [2.05, 4.69) is 0 Å². The molecular weight excluding hydrogens is 376 g/mol. The van der Waals surface area contributed by atoms with Crippen molar-refractivity contribution in [2.75, 3.05) is 0 Å². The Balaban J connectivity index is 1.37. The quantitative estimate of drug-likeness (QED) is 0.521. The highest BCUT2D eigenvalue weighted by Crippen LogP contribution is 2.29. The van der Waals surface area contributed by atoms with Crippen molar-refractivity contribution in [3.05, 3.63) is 76.4 Å². The van der Waals surface area contributed by atoms with Gasteiger partial charge in [-0.3, -0.25) is 14.4 Å². The van der Waals surface area contributed by atoms with Crippen LogP contribution in [-0.4, -0.2) is 22.5 Å². The Labute approximate surface area is 177 Å². The highest BCUT2D eigenvalue weighted by atomic mass is 16.3. The van der Waals surface area contributed by atoms with Gasteiger partial charge in [-0.15, -0.1) is 0 Å². The van der Waals surface area contributed by atoms with E-state index in [1.54, 1.807) is 43.3 Å². The molecule has 4 heteroatoms. The maximum absolute atomic E-state index is 12.7. The van der Waals surface area contributed by atoms with Crippen molar-refractivity contribution in [2.24, 2.45) is 0 Å². The number of aromatic hydroxyl groups is 1. The Morgan fingerprint density at radius 1 is 0.767 bits per heavy atom. The smallest absolute Gasteiger partial charge is 0.190 e. The van der Waals surface area contributed by atoms with E-state index >= 15 is 0 Å². The third-order valence-electron chi connectivity index (χ3n) is 5.72. The fourth-order valence-corrected chi connectivity index (χ4v) is 3.93. The van der Waals surface area contributed by atoms with Crippen LogP contribution in [0.1, 0.15) is 78.1 Å². The number of allylic oxidation sites excluding steroid dienone is 2. The molecule has 0 bridgehead atoms. The van der Waals surface area contributed by atoms with Gasteiger partial charge in [0.05, 0.1) is 0 Å². The van der Waals surface area contributed by atoms with E-state index in [0.29, 0.717) is 41.5 Å². The average molecular weight is 405 g/mol. The SMILES string of the molecule is CC1=C(CCCCCC(=O)CCCc2ccc(O)cc2)C(=O)c2ccccc2C1=O. The summed E-state index contributed by atoms with van der Waals surface area (Å²) in [6.07, 6.45) is 5.82. The Morgan fingerprint density at radius 3 is 2.10 bits per heavy atom. The summed E-state index contributed by atoms with van der Waals surface area (Å²) >= 11 is 0. The predicted molar refractivity (Wildman–Crippen MR) is 117 cm³/mol. The summed E-state index contributed by atoms with van der Waals surface area (Å²) in [6, 6.07) is 14.1. The number of hydrogen-bond donors (Lipinski definition) is 1. The summed E-state index contributed by atoms with van der Waals surface area (Å²) in [6.45, 7) is 1.74. The van der Waals surface area contributed by atoms with Crippen molar-refractivity contribution < 1.29 is 19.5 Å². The summed E-state index contributed by atoms with van der Waals surface area (Å²) < 4.78 is 0. The lowest BCUT2D eigenvalue weighted by Gasteiger charge is -2.18. The molecule has 0 spiro atoms. The van der Waals surface area contributed by atoms with Gasteiger partial charge in [-0.2, -0.15) is 0 Å². The molecule has 156 valence electrons. The van der Waals surface area contributed by atoms with Crippen LogP contribution in [0, 0.1) is 0 Å². The van der Waals surface area contributed by atoms with E-state index < -0.39 is 0 Å². The fraction of sp³-hybridized carbons (Fsp3) is 0.346. The number of carbonyl (C=O) groups is 3. The first-order chi connectivity index (χ1) is 14.5. The number of fused-ring (bicyclic) bond motifs is 1. The number of ketones is 3. The minimum atomic E-state index is -0.0518. The van der Waals surface area contributed by atoms with Crippen LogP contribution in [-0.2, 0) is 11.2 Å². The van der Waals surface area contributed by atoms with Crippen LogP contribution in [0.25, 0.3) is 0 Å². The predicted octanol–water partition coefficient (Wildman–Crippen LogP) is 5.63. The molecule has 0 saturated carbocycles. The topological polar surface area (TPSA) is 71.4 Å². The zero-order chi connectivity index (χ0) is 21.5. The molecule has 0 heterocycles. The van der Waals surface area contributed by atoms with Gasteiger partial charge in [-0.1, -0.05) is 42.8 Å². The van der Waals surface area contributed by atoms with Gasteiger partial charge in [-0.05, 0) is 56.7 Å². The van der Waals surface area contributed by atoms with Crippen LogP contribution in [0.15, 0.2) is 59.7 Å². The van der Waals surface area contributed by atoms with Crippen LogP contribution < -0.4 is 0 Å². The van der Waals surface area contributed by atoms with Crippen molar-refractivity contribution in [1.82, 2.24) is 0 Å². The molecule has 0 saturated heterocycles. The van der Waals surface area contributed by atoms with E-state index in [1.165, 1.54) is 0 Å². The lowest BCUT2D eigenvalue weighted by Crippen LogP contribution is -2.20. The second kappa shape index (κ2) is 10.1. The van der Waals surface area contributed by atoms with Crippen molar-refractivity contribution in [3.63, 3.8) is 0 Å². The highest BCUT2D eigenvalue weighted by molar-refractivity contribution is 6.26. The van der Waals surface area contributed by atoms with E-state index in [1.807, 2.05) is 12.1 Å². The van der Waals surface area contributed by atoms with Crippen molar-refractivity contribution in [2.45, 2.75) is 58.3 Å². The maximum Gasteiger partial charge on any atom is 0.190 e. The third kappa shape index (κ3) is 5.32. The summed E-state index contributed by atoms with van der Waals surface area (Å²) in [5.41, 5.74) is 3.31. The molecule has 3 rings (SSSR count). The van der Waals surface area contributed by atoms with Crippen molar-refractivity contribution >= 4 is 17.3 Å². The Hall–Kier alpha value is -3.01. The number of Topliss-reactive ketones (excluding diaryl/α,β-unsaturated/α-hetero) is 3. The Bertz CT molecular complexity index is 967. The molecule has 0 fully saturated rings. The summed E-state index contributed by atoms with van der Waals surface area (Å²) in [5.74, 6) is 0.434. The van der Waals surface area contributed by atoms with E-state index in [4.69, 9.17) is 0 Å². The van der Waals surface area contributed by atoms with E-state index in [0.717, 1.165) is 37.7 Å². The van der Waals surface area contributed by atoms with Gasteiger partial charge in [0.15, 0.2) is 11.6 Å². The second-order valence-electron chi connectivity index (χ2n) is 7.93. The Kier molecular flexibility index (Phi) is 7.34. The molecule has 0 atom stereocenters. The van der Waals surface area contributed by atoms with Gasteiger partial charge in [0.1, 0.15) is 11.5 Å². The number of hydrogen-bond acceptors (Lipinski definition) is 4. The third-order valence-corrected chi connectivity index (χ3v) is 5.72. The summed E-state index contributed by atoms with van der Waals surface area (Å²) in [7, 11) is 0. The molecule has 1 N–H and O–H groups in total. The molecule has 1 aliphatic rings. The minimum Gasteiger partial charge on any atom is -0.508 e. The molecule has 0 aliphatic heterocycles. The van der Waals surface area contributed by atoms with Gasteiger partial charge in [0, 0.05) is 35.1 Å². The van der Waals surface area contributed by atoms with Crippen LogP contribution in [0.5, 0.6) is 5.75 Å². The summed E-state index contributed by atoms with van der Waals surface area (Å²) in [4.78, 5) is 37.3. The first-order valence-electron chi connectivity index (χ1n) is 10.6. The molecule has 0 amide bonds. The van der Waals surface area contributed by atoms with Crippen LogP contribution >= 0.6 is 0 Å².